The molecule has 0 saturated carbocycles. The molecule has 1 fully saturated rings. The molecule has 1 atom stereocenters. The van der Waals surface area contributed by atoms with E-state index in [4.69, 9.17) is 0 Å². The molecule has 1 unspecified atom stereocenters. The maximum atomic E-state index is 12.3. The molecule has 6 heteroatoms. The maximum Gasteiger partial charge on any atom is 0.242 e. The zero-order valence-corrected chi connectivity index (χ0v) is 15.1. The van der Waals surface area contributed by atoms with E-state index in [1.807, 2.05) is 32.1 Å². The number of likely N-dealkylation sites (N-methyl/N-ethyl adjacent to an activating group) is 1. The van der Waals surface area contributed by atoms with E-state index in [9.17, 15) is 9.59 Å². The molecule has 0 aromatic heterocycles. The van der Waals surface area contributed by atoms with Gasteiger partial charge in [0.2, 0.25) is 11.8 Å². The average Bonchev–Trinajstić information content (AvgIpc) is 2.72. The Labute approximate surface area is 144 Å². The van der Waals surface area contributed by atoms with Crippen molar-refractivity contribution < 1.29 is 9.59 Å². The van der Waals surface area contributed by atoms with E-state index in [0.29, 0.717) is 13.0 Å². The van der Waals surface area contributed by atoms with Crippen LogP contribution in [0.1, 0.15) is 24.8 Å². The van der Waals surface area contributed by atoms with E-state index in [-0.39, 0.29) is 18.4 Å². The normalized spacial score (nSPS) is 17.7. The van der Waals surface area contributed by atoms with Gasteiger partial charge in [-0.2, -0.15) is 0 Å². The fraction of sp³-hybridized carbons (Fsp3) is 0.556. The molecule has 0 radical (unpaired) electrons. The Bertz CT molecular complexity index is 601. The smallest absolute Gasteiger partial charge is 0.242 e. The van der Waals surface area contributed by atoms with Gasteiger partial charge in [-0.25, -0.2) is 0 Å². The molecule has 1 heterocycles. The fourth-order valence-corrected chi connectivity index (χ4v) is 2.94. The predicted molar refractivity (Wildman–Crippen MR) is 97.6 cm³/mol. The van der Waals surface area contributed by atoms with Crippen molar-refractivity contribution in [2.75, 3.05) is 44.0 Å². The highest BCUT2D eigenvalue weighted by Gasteiger charge is 2.22. The lowest BCUT2D eigenvalue weighted by Gasteiger charge is -2.24. The maximum absolute atomic E-state index is 12.3. The Morgan fingerprint density at radius 3 is 2.75 bits per heavy atom. The first-order valence-corrected chi connectivity index (χ1v) is 8.44. The van der Waals surface area contributed by atoms with Crippen LogP contribution in [0.15, 0.2) is 18.2 Å². The first kappa shape index (κ1) is 18.1. The standard InChI is InChI=1S/C18H28N4O2/c1-13-8-9-14(11-16(13)21(2)3)22(4)12-17(23)20-15-7-5-6-10-19-18(15)24/h8-9,11,15H,5-7,10,12H2,1-4H3,(H,19,24)(H,20,23). The minimum absolute atomic E-state index is 0.0752. The number of nitrogens with one attached hydrogen (secondary N) is 2. The molecule has 0 aliphatic carbocycles. The summed E-state index contributed by atoms with van der Waals surface area (Å²) in [7, 11) is 5.89. The van der Waals surface area contributed by atoms with Crippen molar-refractivity contribution in [3.63, 3.8) is 0 Å². The largest absolute Gasteiger partial charge is 0.377 e. The van der Waals surface area contributed by atoms with Crippen LogP contribution in [0.2, 0.25) is 0 Å². The second-order valence-electron chi connectivity index (χ2n) is 6.63. The average molecular weight is 332 g/mol. The molecule has 1 aromatic rings. The van der Waals surface area contributed by atoms with Crippen LogP contribution >= 0.6 is 0 Å². The van der Waals surface area contributed by atoms with Crippen molar-refractivity contribution in [1.29, 1.82) is 0 Å². The van der Waals surface area contributed by atoms with Gasteiger partial charge in [-0.05, 0) is 43.9 Å². The summed E-state index contributed by atoms with van der Waals surface area (Å²) in [6, 6.07) is 5.72. The van der Waals surface area contributed by atoms with Gasteiger partial charge < -0.3 is 20.4 Å². The number of benzene rings is 1. The Hall–Kier alpha value is -2.24. The minimum atomic E-state index is -0.413. The van der Waals surface area contributed by atoms with Gasteiger partial charge >= 0.3 is 0 Å². The molecular formula is C18H28N4O2. The lowest BCUT2D eigenvalue weighted by atomic mass is 10.1. The molecule has 2 N–H and O–H groups in total. The molecule has 1 aliphatic heterocycles. The van der Waals surface area contributed by atoms with Crippen LogP contribution in [0.3, 0.4) is 0 Å². The number of carbonyl (C=O) groups excluding carboxylic acids is 2. The Morgan fingerprint density at radius 1 is 1.29 bits per heavy atom. The fourth-order valence-electron chi connectivity index (χ4n) is 2.94. The van der Waals surface area contributed by atoms with Gasteiger partial charge in [0, 0.05) is 39.1 Å². The van der Waals surface area contributed by atoms with Crippen LogP contribution in [0, 0.1) is 6.92 Å². The summed E-state index contributed by atoms with van der Waals surface area (Å²) in [6.45, 7) is 2.98. The quantitative estimate of drug-likeness (QED) is 0.853. The van der Waals surface area contributed by atoms with Gasteiger partial charge in [-0.1, -0.05) is 6.07 Å². The van der Waals surface area contributed by atoms with E-state index in [1.165, 1.54) is 5.56 Å². The van der Waals surface area contributed by atoms with Crippen LogP contribution in [-0.4, -0.2) is 52.1 Å². The molecular weight excluding hydrogens is 304 g/mol. The van der Waals surface area contributed by atoms with Gasteiger partial charge in [-0.3, -0.25) is 9.59 Å². The number of hydrogen-bond acceptors (Lipinski definition) is 4. The Balaban J connectivity index is 1.98. The number of hydrogen-bond donors (Lipinski definition) is 2. The molecule has 1 saturated heterocycles. The van der Waals surface area contributed by atoms with Crippen LogP contribution in [-0.2, 0) is 9.59 Å². The number of anilines is 2. The highest BCUT2D eigenvalue weighted by atomic mass is 16.2. The van der Waals surface area contributed by atoms with Gasteiger partial charge in [0.05, 0.1) is 6.54 Å². The first-order chi connectivity index (χ1) is 11.4. The summed E-state index contributed by atoms with van der Waals surface area (Å²) in [4.78, 5) is 28.2. The van der Waals surface area contributed by atoms with Crippen LogP contribution in [0.5, 0.6) is 0 Å². The van der Waals surface area contributed by atoms with Crippen molar-refractivity contribution in [3.8, 4) is 0 Å². The molecule has 132 valence electrons. The van der Waals surface area contributed by atoms with Crippen molar-refractivity contribution in [2.24, 2.45) is 0 Å². The third kappa shape index (κ3) is 4.63. The summed E-state index contributed by atoms with van der Waals surface area (Å²) in [5.41, 5.74) is 3.30. The van der Waals surface area contributed by atoms with Gasteiger partial charge in [0.25, 0.3) is 0 Å². The monoisotopic (exact) mass is 332 g/mol. The third-order valence-corrected chi connectivity index (χ3v) is 4.37. The Morgan fingerprint density at radius 2 is 2.04 bits per heavy atom. The third-order valence-electron chi connectivity index (χ3n) is 4.37. The van der Waals surface area contributed by atoms with E-state index in [0.717, 1.165) is 24.2 Å². The van der Waals surface area contributed by atoms with E-state index < -0.39 is 6.04 Å². The second kappa shape index (κ2) is 8.04. The van der Waals surface area contributed by atoms with Crippen molar-refractivity contribution in [1.82, 2.24) is 10.6 Å². The number of carbonyl (C=O) groups is 2. The summed E-state index contributed by atoms with van der Waals surface area (Å²) < 4.78 is 0. The SMILES string of the molecule is Cc1ccc(N(C)CC(=O)NC2CCCCNC2=O)cc1N(C)C. The van der Waals surface area contributed by atoms with Gasteiger partial charge in [0.15, 0.2) is 0 Å². The van der Waals surface area contributed by atoms with Crippen LogP contribution in [0.25, 0.3) is 0 Å². The van der Waals surface area contributed by atoms with Crippen molar-refractivity contribution in [2.45, 2.75) is 32.2 Å². The molecule has 1 aromatic carbocycles. The summed E-state index contributed by atoms with van der Waals surface area (Å²) in [5.74, 6) is -0.208. The first-order valence-electron chi connectivity index (χ1n) is 8.44. The van der Waals surface area contributed by atoms with Crippen molar-refractivity contribution >= 4 is 23.2 Å². The molecule has 1 aliphatic rings. The number of rotatable bonds is 5. The summed E-state index contributed by atoms with van der Waals surface area (Å²) >= 11 is 0. The predicted octanol–water partition coefficient (Wildman–Crippen LogP) is 1.28. The van der Waals surface area contributed by atoms with Gasteiger partial charge in [0.1, 0.15) is 6.04 Å². The molecule has 24 heavy (non-hydrogen) atoms. The number of aryl methyl sites for hydroxylation is 1. The number of amides is 2. The van der Waals surface area contributed by atoms with Crippen LogP contribution < -0.4 is 20.4 Å². The number of nitrogens with zero attached hydrogens (tertiary/aromatic N) is 2. The summed E-state index contributed by atoms with van der Waals surface area (Å²) in [6.07, 6.45) is 2.62. The highest BCUT2D eigenvalue weighted by Crippen LogP contribution is 2.24. The van der Waals surface area contributed by atoms with E-state index in [2.05, 4.69) is 34.6 Å². The molecule has 2 rings (SSSR count). The summed E-state index contributed by atoms with van der Waals surface area (Å²) in [5, 5.41) is 5.69. The Kier molecular flexibility index (Phi) is 6.06. The zero-order valence-electron chi connectivity index (χ0n) is 15.1. The zero-order chi connectivity index (χ0) is 17.7. The molecule has 2 amide bonds. The topological polar surface area (TPSA) is 64.7 Å². The van der Waals surface area contributed by atoms with Crippen LogP contribution in [0.4, 0.5) is 11.4 Å². The lowest BCUT2D eigenvalue weighted by molar-refractivity contribution is -0.128. The molecule has 0 spiro atoms. The molecule has 0 bridgehead atoms. The van der Waals surface area contributed by atoms with E-state index in [1.54, 1.807) is 0 Å². The lowest BCUT2D eigenvalue weighted by Crippen LogP contribution is -2.48. The van der Waals surface area contributed by atoms with E-state index >= 15 is 0 Å². The van der Waals surface area contributed by atoms with Gasteiger partial charge in [-0.15, -0.1) is 0 Å². The second-order valence-corrected chi connectivity index (χ2v) is 6.63. The molecule has 6 nitrogen and oxygen atoms in total. The highest BCUT2D eigenvalue weighted by molar-refractivity contribution is 5.89. The van der Waals surface area contributed by atoms with Crippen molar-refractivity contribution in [3.05, 3.63) is 23.8 Å². The minimum Gasteiger partial charge on any atom is -0.377 e.